The summed E-state index contributed by atoms with van der Waals surface area (Å²) < 4.78 is 0. The van der Waals surface area contributed by atoms with Crippen molar-refractivity contribution in [2.24, 2.45) is 0 Å². The highest BCUT2D eigenvalue weighted by molar-refractivity contribution is 5.03. The molecule has 1 N–H and O–H groups in total. The molecule has 0 aromatic rings. The molecule has 0 aliphatic carbocycles. The van der Waals surface area contributed by atoms with Crippen LogP contribution in [0.1, 0.15) is 86.0 Å². The maximum absolute atomic E-state index is 3.91. The summed E-state index contributed by atoms with van der Waals surface area (Å²) in [5, 5.41) is 3.91. The van der Waals surface area contributed by atoms with Gasteiger partial charge in [0.25, 0.3) is 0 Å². The Morgan fingerprint density at radius 1 is 0.850 bits per heavy atom. The molecule has 1 fully saturated rings. The van der Waals surface area contributed by atoms with Gasteiger partial charge in [-0.25, -0.2) is 0 Å². The van der Waals surface area contributed by atoms with E-state index in [2.05, 4.69) is 44.8 Å². The largest absolute Gasteiger partial charge is 0.308 e. The zero-order chi connectivity index (χ0) is 15.1. The lowest BCUT2D eigenvalue weighted by atomic mass is 9.80. The molecule has 1 heterocycles. The van der Waals surface area contributed by atoms with Gasteiger partial charge in [-0.05, 0) is 38.6 Å². The van der Waals surface area contributed by atoms with Crippen LogP contribution < -0.4 is 5.32 Å². The average molecular weight is 283 g/mol. The zero-order valence-corrected chi connectivity index (χ0v) is 14.7. The van der Waals surface area contributed by atoms with Crippen molar-refractivity contribution in [3.8, 4) is 0 Å². The van der Waals surface area contributed by atoms with Crippen molar-refractivity contribution >= 4 is 0 Å². The van der Waals surface area contributed by atoms with Crippen molar-refractivity contribution in [1.29, 1.82) is 0 Å². The molecule has 0 unspecified atom stereocenters. The molecule has 1 saturated heterocycles. The molecule has 2 nitrogen and oxygen atoms in total. The average Bonchev–Trinajstić information content (AvgIpc) is 2.51. The van der Waals surface area contributed by atoms with E-state index in [-0.39, 0.29) is 0 Å². The highest BCUT2D eigenvalue weighted by Crippen LogP contribution is 2.33. The van der Waals surface area contributed by atoms with Crippen molar-refractivity contribution in [3.05, 3.63) is 0 Å². The minimum atomic E-state index is 0.360. The molecule has 0 aromatic carbocycles. The second kappa shape index (κ2) is 8.38. The highest BCUT2D eigenvalue weighted by Gasteiger charge is 2.43. The molecule has 1 rings (SSSR count). The molecular weight excluding hydrogens is 244 g/mol. The van der Waals surface area contributed by atoms with Gasteiger partial charge in [0.1, 0.15) is 0 Å². The summed E-state index contributed by atoms with van der Waals surface area (Å²) in [5.41, 5.74) is 0.763. The highest BCUT2D eigenvalue weighted by atomic mass is 15.3. The van der Waals surface area contributed by atoms with Crippen LogP contribution in [0.3, 0.4) is 0 Å². The summed E-state index contributed by atoms with van der Waals surface area (Å²) in [6.45, 7) is 15.4. The summed E-state index contributed by atoms with van der Waals surface area (Å²) in [6, 6.07) is 0. The minimum absolute atomic E-state index is 0.360. The molecule has 0 radical (unpaired) electrons. The van der Waals surface area contributed by atoms with Gasteiger partial charge in [0.2, 0.25) is 0 Å². The summed E-state index contributed by atoms with van der Waals surface area (Å²) >= 11 is 0. The first-order valence-electron chi connectivity index (χ1n) is 9.12. The monoisotopic (exact) mass is 282 g/mol. The number of hydrogen-bond acceptors (Lipinski definition) is 2. The van der Waals surface area contributed by atoms with E-state index in [9.17, 15) is 0 Å². The van der Waals surface area contributed by atoms with Gasteiger partial charge in [-0.2, -0.15) is 0 Å². The molecular formula is C18H38N2. The van der Waals surface area contributed by atoms with Gasteiger partial charge < -0.3 is 5.32 Å². The molecule has 0 bridgehead atoms. The van der Waals surface area contributed by atoms with E-state index in [1.807, 2.05) is 0 Å². The van der Waals surface area contributed by atoms with E-state index in [4.69, 9.17) is 0 Å². The van der Waals surface area contributed by atoms with E-state index < -0.39 is 0 Å². The zero-order valence-electron chi connectivity index (χ0n) is 14.7. The third-order valence-corrected chi connectivity index (χ3v) is 5.91. The third kappa shape index (κ3) is 3.98. The molecule has 0 atom stereocenters. The summed E-state index contributed by atoms with van der Waals surface area (Å²) in [7, 11) is 0. The number of hydrogen-bond donors (Lipinski definition) is 1. The van der Waals surface area contributed by atoms with Crippen LogP contribution in [-0.4, -0.2) is 35.6 Å². The van der Waals surface area contributed by atoms with Gasteiger partial charge in [0.05, 0.1) is 0 Å². The maximum atomic E-state index is 3.91. The summed E-state index contributed by atoms with van der Waals surface area (Å²) in [6.07, 6.45) is 10.5. The van der Waals surface area contributed by atoms with Crippen LogP contribution in [0.2, 0.25) is 0 Å². The Morgan fingerprint density at radius 3 is 2.00 bits per heavy atom. The van der Waals surface area contributed by atoms with Crippen LogP contribution in [0.25, 0.3) is 0 Å². The van der Waals surface area contributed by atoms with Gasteiger partial charge in [-0.3, -0.25) is 4.90 Å². The number of nitrogens with zero attached hydrogens (tertiary/aromatic N) is 1. The minimum Gasteiger partial charge on any atom is -0.308 e. The first-order valence-corrected chi connectivity index (χ1v) is 9.12. The fraction of sp³-hybridized carbons (Fsp3) is 1.00. The number of piperazine rings is 1. The van der Waals surface area contributed by atoms with E-state index in [0.717, 1.165) is 0 Å². The lowest BCUT2D eigenvalue weighted by molar-refractivity contribution is -0.00581. The SMILES string of the molecule is CCCCCCN1CC(CC)(CC)NCC1(CC)CC. The molecule has 1 aliphatic rings. The Morgan fingerprint density at radius 2 is 1.50 bits per heavy atom. The predicted molar refractivity (Wildman–Crippen MR) is 90.3 cm³/mol. The summed E-state index contributed by atoms with van der Waals surface area (Å²) in [5.74, 6) is 0. The lowest BCUT2D eigenvalue weighted by Crippen LogP contribution is -2.69. The first-order chi connectivity index (χ1) is 9.62. The van der Waals surface area contributed by atoms with Crippen molar-refractivity contribution in [2.75, 3.05) is 19.6 Å². The smallest absolute Gasteiger partial charge is 0.0329 e. The number of nitrogens with one attached hydrogen (secondary N) is 1. The fourth-order valence-corrected chi connectivity index (χ4v) is 3.77. The van der Waals surface area contributed by atoms with Gasteiger partial charge in [-0.1, -0.05) is 53.9 Å². The Bertz CT molecular complexity index is 254. The Kier molecular flexibility index (Phi) is 7.53. The molecule has 0 spiro atoms. The van der Waals surface area contributed by atoms with Crippen LogP contribution in [0, 0.1) is 0 Å². The third-order valence-electron chi connectivity index (χ3n) is 5.91. The molecule has 2 heteroatoms. The van der Waals surface area contributed by atoms with E-state index >= 15 is 0 Å². The number of rotatable bonds is 9. The van der Waals surface area contributed by atoms with Crippen LogP contribution in [-0.2, 0) is 0 Å². The van der Waals surface area contributed by atoms with Gasteiger partial charge in [-0.15, -0.1) is 0 Å². The summed E-state index contributed by atoms with van der Waals surface area (Å²) in [4.78, 5) is 2.84. The van der Waals surface area contributed by atoms with Gasteiger partial charge >= 0.3 is 0 Å². The van der Waals surface area contributed by atoms with Crippen LogP contribution in [0.5, 0.6) is 0 Å². The molecule has 0 aromatic heterocycles. The fourth-order valence-electron chi connectivity index (χ4n) is 3.77. The van der Waals surface area contributed by atoms with E-state index in [1.54, 1.807) is 0 Å². The Labute approximate surface area is 127 Å². The molecule has 1 aliphatic heterocycles. The number of unbranched alkanes of at least 4 members (excludes halogenated alkanes) is 3. The Balaban J connectivity index is 2.72. The topological polar surface area (TPSA) is 15.3 Å². The second-order valence-corrected chi connectivity index (χ2v) is 6.75. The van der Waals surface area contributed by atoms with Crippen molar-refractivity contribution in [1.82, 2.24) is 10.2 Å². The lowest BCUT2D eigenvalue weighted by Gasteiger charge is -2.54. The standard InChI is InChI=1S/C18H38N2/c1-6-11-12-13-14-20-16-17(7-2,8-3)19-15-18(20,9-4)10-5/h19H,6-16H2,1-5H3. The predicted octanol–water partition coefficient (Wildman–Crippen LogP) is 4.59. The first kappa shape index (κ1) is 18.0. The van der Waals surface area contributed by atoms with Crippen molar-refractivity contribution in [3.63, 3.8) is 0 Å². The van der Waals surface area contributed by atoms with Crippen LogP contribution >= 0.6 is 0 Å². The van der Waals surface area contributed by atoms with E-state index in [1.165, 1.54) is 71.0 Å². The molecule has 0 saturated carbocycles. The maximum Gasteiger partial charge on any atom is 0.0329 e. The van der Waals surface area contributed by atoms with Crippen LogP contribution in [0.15, 0.2) is 0 Å². The normalized spacial score (nSPS) is 22.1. The van der Waals surface area contributed by atoms with Crippen LogP contribution in [0.4, 0.5) is 0 Å². The Hall–Kier alpha value is -0.0800. The second-order valence-electron chi connectivity index (χ2n) is 6.75. The van der Waals surface area contributed by atoms with E-state index in [0.29, 0.717) is 11.1 Å². The quantitative estimate of drug-likeness (QED) is 0.622. The molecule has 0 amide bonds. The van der Waals surface area contributed by atoms with Crippen molar-refractivity contribution in [2.45, 2.75) is 97.1 Å². The van der Waals surface area contributed by atoms with Gasteiger partial charge in [0, 0.05) is 24.2 Å². The molecule has 120 valence electrons. The molecule has 20 heavy (non-hydrogen) atoms. The van der Waals surface area contributed by atoms with Gasteiger partial charge in [0.15, 0.2) is 0 Å². The van der Waals surface area contributed by atoms with Crippen molar-refractivity contribution < 1.29 is 0 Å².